The normalized spacial score (nSPS) is 11.5. The maximum atomic E-state index is 11.7. The van der Waals surface area contributed by atoms with Gasteiger partial charge in [-0.05, 0) is 30.2 Å². The van der Waals surface area contributed by atoms with E-state index < -0.39 is 9.84 Å². The van der Waals surface area contributed by atoms with Gasteiger partial charge in [-0.2, -0.15) is 5.10 Å². The third kappa shape index (κ3) is 3.14. The van der Waals surface area contributed by atoms with Gasteiger partial charge in [0, 0.05) is 12.5 Å². The molecule has 0 aliphatic rings. The maximum absolute atomic E-state index is 11.7. The molecule has 0 radical (unpaired) electrons. The van der Waals surface area contributed by atoms with E-state index in [4.69, 9.17) is 4.74 Å². The molecule has 1 aromatic carbocycles. The Kier molecular flexibility index (Phi) is 3.61. The third-order valence-corrected chi connectivity index (χ3v) is 3.85. The van der Waals surface area contributed by atoms with Gasteiger partial charge in [-0.1, -0.05) is 6.07 Å². The first-order chi connectivity index (χ1) is 8.90. The Hall–Kier alpha value is -1.82. The summed E-state index contributed by atoms with van der Waals surface area (Å²) in [5.74, 6) is 0.364. The smallest absolute Gasteiger partial charge is 0.179 e. The van der Waals surface area contributed by atoms with Crippen LogP contribution in [-0.2, 0) is 16.4 Å². The van der Waals surface area contributed by atoms with Crippen molar-refractivity contribution in [1.29, 1.82) is 0 Å². The number of hydrogen-bond acceptors (Lipinski definition) is 4. The van der Waals surface area contributed by atoms with Crippen molar-refractivity contribution in [3.05, 3.63) is 41.7 Å². The maximum Gasteiger partial charge on any atom is 0.179 e. The van der Waals surface area contributed by atoms with Crippen molar-refractivity contribution >= 4 is 9.84 Å². The lowest BCUT2D eigenvalue weighted by molar-refractivity contribution is 0.402. The predicted molar refractivity (Wildman–Crippen MR) is 72.2 cm³/mol. The molecule has 2 rings (SSSR count). The molecule has 0 N–H and O–H groups in total. The van der Waals surface area contributed by atoms with Gasteiger partial charge < -0.3 is 4.74 Å². The highest BCUT2D eigenvalue weighted by atomic mass is 32.2. The Morgan fingerprint density at radius 1 is 1.37 bits per heavy atom. The van der Waals surface area contributed by atoms with Crippen LogP contribution in [0.15, 0.2) is 35.5 Å². The summed E-state index contributed by atoms with van der Waals surface area (Å²) in [5.41, 5.74) is 1.93. The zero-order valence-corrected chi connectivity index (χ0v) is 11.9. The number of hydrogen-bond donors (Lipinski definition) is 0. The first kappa shape index (κ1) is 13.6. The molecule has 0 atom stereocenters. The summed E-state index contributed by atoms with van der Waals surface area (Å²) in [6.45, 7) is 2.49. The third-order valence-electron chi connectivity index (χ3n) is 2.73. The van der Waals surface area contributed by atoms with E-state index in [1.165, 1.54) is 13.4 Å². The van der Waals surface area contributed by atoms with Crippen LogP contribution in [0.4, 0.5) is 0 Å². The SMILES string of the molecule is COc1ccc(Cn2cc(C)cn2)cc1S(C)(=O)=O. The topological polar surface area (TPSA) is 61.2 Å². The summed E-state index contributed by atoms with van der Waals surface area (Å²) >= 11 is 0. The van der Waals surface area contributed by atoms with Crippen LogP contribution in [0, 0.1) is 6.92 Å². The van der Waals surface area contributed by atoms with Crippen LogP contribution >= 0.6 is 0 Å². The summed E-state index contributed by atoms with van der Waals surface area (Å²) in [5, 5.41) is 4.18. The van der Waals surface area contributed by atoms with Gasteiger partial charge in [-0.15, -0.1) is 0 Å². The van der Waals surface area contributed by atoms with Crippen LogP contribution < -0.4 is 4.74 Å². The van der Waals surface area contributed by atoms with Gasteiger partial charge in [0.15, 0.2) is 9.84 Å². The van der Waals surface area contributed by atoms with Crippen molar-refractivity contribution in [1.82, 2.24) is 9.78 Å². The average molecular weight is 280 g/mol. The molecule has 1 heterocycles. The Labute approximate surface area is 112 Å². The highest BCUT2D eigenvalue weighted by molar-refractivity contribution is 7.90. The fourth-order valence-electron chi connectivity index (χ4n) is 1.85. The Morgan fingerprint density at radius 3 is 2.63 bits per heavy atom. The van der Waals surface area contributed by atoms with Crippen molar-refractivity contribution in [2.45, 2.75) is 18.4 Å². The number of nitrogens with zero attached hydrogens (tertiary/aromatic N) is 2. The molecule has 0 aliphatic carbocycles. The lowest BCUT2D eigenvalue weighted by Gasteiger charge is -2.09. The van der Waals surface area contributed by atoms with Crippen molar-refractivity contribution in [3.8, 4) is 5.75 Å². The van der Waals surface area contributed by atoms with Crippen molar-refractivity contribution < 1.29 is 13.2 Å². The number of benzene rings is 1. The van der Waals surface area contributed by atoms with E-state index in [-0.39, 0.29) is 4.90 Å². The summed E-state index contributed by atoms with van der Waals surface area (Å²) in [6.07, 6.45) is 4.85. The van der Waals surface area contributed by atoms with Crippen LogP contribution in [0.25, 0.3) is 0 Å². The molecule has 19 heavy (non-hydrogen) atoms. The van der Waals surface area contributed by atoms with Gasteiger partial charge in [0.2, 0.25) is 0 Å². The Bertz CT molecular complexity index is 690. The second-order valence-electron chi connectivity index (χ2n) is 4.47. The summed E-state index contributed by atoms with van der Waals surface area (Å²) in [7, 11) is -1.85. The zero-order chi connectivity index (χ0) is 14.0. The molecule has 0 spiro atoms. The summed E-state index contributed by atoms with van der Waals surface area (Å²) < 4.78 is 30.3. The highest BCUT2D eigenvalue weighted by Gasteiger charge is 2.15. The minimum Gasteiger partial charge on any atom is -0.495 e. The average Bonchev–Trinajstić information content (AvgIpc) is 2.73. The molecule has 5 nitrogen and oxygen atoms in total. The molecule has 6 heteroatoms. The molecule has 0 fully saturated rings. The summed E-state index contributed by atoms with van der Waals surface area (Å²) in [6, 6.07) is 5.14. The van der Waals surface area contributed by atoms with E-state index in [1.54, 1.807) is 23.0 Å². The van der Waals surface area contributed by atoms with Gasteiger partial charge >= 0.3 is 0 Å². The van der Waals surface area contributed by atoms with Gasteiger partial charge in [0.25, 0.3) is 0 Å². The summed E-state index contributed by atoms with van der Waals surface area (Å²) in [4.78, 5) is 0.205. The fraction of sp³-hybridized carbons (Fsp3) is 0.308. The second-order valence-corrected chi connectivity index (χ2v) is 6.46. The second kappa shape index (κ2) is 5.05. The Balaban J connectivity index is 2.38. The molecule has 102 valence electrons. The quantitative estimate of drug-likeness (QED) is 0.854. The molecule has 0 amide bonds. The highest BCUT2D eigenvalue weighted by Crippen LogP contribution is 2.25. The first-order valence-corrected chi connectivity index (χ1v) is 7.65. The molecule has 0 aliphatic heterocycles. The lowest BCUT2D eigenvalue weighted by Crippen LogP contribution is -2.04. The van der Waals surface area contributed by atoms with E-state index in [0.29, 0.717) is 12.3 Å². The fourth-order valence-corrected chi connectivity index (χ4v) is 2.73. The molecule has 0 saturated heterocycles. The van der Waals surface area contributed by atoms with Crippen LogP contribution in [0.2, 0.25) is 0 Å². The van der Waals surface area contributed by atoms with Crippen molar-refractivity contribution in [2.75, 3.05) is 13.4 Å². The van der Waals surface area contributed by atoms with E-state index in [2.05, 4.69) is 5.10 Å². The number of sulfone groups is 1. The van der Waals surface area contributed by atoms with Gasteiger partial charge in [-0.3, -0.25) is 4.68 Å². The lowest BCUT2D eigenvalue weighted by atomic mass is 10.2. The number of methoxy groups -OCH3 is 1. The van der Waals surface area contributed by atoms with Gasteiger partial charge in [0.05, 0.1) is 19.9 Å². The molecular formula is C13H16N2O3S. The van der Waals surface area contributed by atoms with Crippen molar-refractivity contribution in [3.63, 3.8) is 0 Å². The van der Waals surface area contributed by atoms with E-state index in [9.17, 15) is 8.42 Å². The molecule has 0 saturated carbocycles. The predicted octanol–water partition coefficient (Wildman–Crippen LogP) is 1.65. The minimum atomic E-state index is -3.31. The standard InChI is InChI=1S/C13H16N2O3S/c1-10-7-14-15(8-10)9-11-4-5-12(18-2)13(6-11)19(3,16)17/h4-8H,9H2,1-3H3. The molecule has 0 unspecified atom stereocenters. The molecule has 2 aromatic rings. The number of aryl methyl sites for hydroxylation is 1. The van der Waals surface area contributed by atoms with Crippen molar-refractivity contribution in [2.24, 2.45) is 0 Å². The monoisotopic (exact) mass is 280 g/mol. The minimum absolute atomic E-state index is 0.205. The molecular weight excluding hydrogens is 264 g/mol. The van der Waals surface area contributed by atoms with E-state index in [0.717, 1.165) is 11.1 Å². The number of ether oxygens (including phenoxy) is 1. The van der Waals surface area contributed by atoms with Crippen LogP contribution in [0.3, 0.4) is 0 Å². The van der Waals surface area contributed by atoms with E-state index in [1.807, 2.05) is 19.2 Å². The Morgan fingerprint density at radius 2 is 2.11 bits per heavy atom. The molecule has 0 bridgehead atoms. The zero-order valence-electron chi connectivity index (χ0n) is 11.1. The van der Waals surface area contributed by atoms with Gasteiger partial charge in [0.1, 0.15) is 10.6 Å². The molecule has 1 aromatic heterocycles. The van der Waals surface area contributed by atoms with E-state index >= 15 is 0 Å². The van der Waals surface area contributed by atoms with Crippen LogP contribution in [0.5, 0.6) is 5.75 Å². The first-order valence-electron chi connectivity index (χ1n) is 5.76. The van der Waals surface area contributed by atoms with Crippen LogP contribution in [0.1, 0.15) is 11.1 Å². The number of aromatic nitrogens is 2. The van der Waals surface area contributed by atoms with Crippen LogP contribution in [-0.4, -0.2) is 31.6 Å². The van der Waals surface area contributed by atoms with Gasteiger partial charge in [-0.25, -0.2) is 8.42 Å². The largest absolute Gasteiger partial charge is 0.495 e. The number of rotatable bonds is 4.